The first kappa shape index (κ1) is 15.0. The van der Waals surface area contributed by atoms with Crippen molar-refractivity contribution in [2.75, 3.05) is 26.5 Å². The number of nitrogens with two attached hydrogens (primary N) is 1. The molecule has 1 fully saturated rings. The van der Waals surface area contributed by atoms with E-state index in [-0.39, 0.29) is 5.92 Å². The van der Waals surface area contributed by atoms with Gasteiger partial charge in [-0.3, -0.25) is 0 Å². The summed E-state index contributed by atoms with van der Waals surface area (Å²) in [7, 11) is -1.57. The third-order valence-electron chi connectivity index (χ3n) is 3.86. The molecule has 0 aromatic heterocycles. The lowest BCUT2D eigenvalue weighted by atomic mass is 10.0. The molecule has 3 atom stereocenters. The van der Waals surface area contributed by atoms with Gasteiger partial charge in [-0.05, 0) is 17.7 Å². The molecule has 0 spiro atoms. The van der Waals surface area contributed by atoms with Gasteiger partial charge in [0.05, 0.1) is 11.9 Å². The van der Waals surface area contributed by atoms with Crippen molar-refractivity contribution < 1.29 is 13.2 Å². The van der Waals surface area contributed by atoms with Crippen LogP contribution in [0.15, 0.2) is 28.7 Å². The van der Waals surface area contributed by atoms with Crippen molar-refractivity contribution in [3.63, 3.8) is 0 Å². The van der Waals surface area contributed by atoms with Crippen LogP contribution in [0.5, 0.6) is 0 Å². The Kier molecular flexibility index (Phi) is 4.07. The standard InChI is InChI=1S/C13H18BrNO3S/c1-18-8-13(7-15)11(12(13)19(2,16)17)9-3-5-10(14)6-4-9/h3-6,11-12H,7-8,15H2,1-2H3/t11-,12-,13-/m1/s1. The molecule has 6 heteroatoms. The monoisotopic (exact) mass is 347 g/mol. The largest absolute Gasteiger partial charge is 0.384 e. The number of rotatable bonds is 5. The van der Waals surface area contributed by atoms with Crippen LogP contribution in [0.25, 0.3) is 0 Å². The van der Waals surface area contributed by atoms with E-state index in [9.17, 15) is 8.42 Å². The number of benzene rings is 1. The van der Waals surface area contributed by atoms with Crippen LogP contribution in [0.3, 0.4) is 0 Å². The Morgan fingerprint density at radius 1 is 1.37 bits per heavy atom. The molecule has 4 nitrogen and oxygen atoms in total. The Balaban J connectivity index is 2.40. The molecule has 0 unspecified atom stereocenters. The Hall–Kier alpha value is -0.430. The molecule has 0 bridgehead atoms. The second kappa shape index (κ2) is 5.16. The van der Waals surface area contributed by atoms with Gasteiger partial charge in [-0.1, -0.05) is 28.1 Å². The van der Waals surface area contributed by atoms with Gasteiger partial charge in [0.2, 0.25) is 0 Å². The average Bonchev–Trinajstić information content (AvgIpc) is 3.00. The van der Waals surface area contributed by atoms with E-state index in [0.717, 1.165) is 10.0 Å². The summed E-state index contributed by atoms with van der Waals surface area (Å²) in [5.74, 6) is -0.0828. The molecule has 19 heavy (non-hydrogen) atoms. The zero-order valence-electron chi connectivity index (χ0n) is 11.0. The summed E-state index contributed by atoms with van der Waals surface area (Å²) in [6.45, 7) is 0.668. The zero-order valence-corrected chi connectivity index (χ0v) is 13.4. The van der Waals surface area contributed by atoms with E-state index in [4.69, 9.17) is 10.5 Å². The van der Waals surface area contributed by atoms with Gasteiger partial charge in [-0.15, -0.1) is 0 Å². The molecule has 2 rings (SSSR count). The Morgan fingerprint density at radius 2 is 1.95 bits per heavy atom. The van der Waals surface area contributed by atoms with Crippen LogP contribution < -0.4 is 5.73 Å². The number of ether oxygens (including phenoxy) is 1. The lowest BCUT2D eigenvalue weighted by Crippen LogP contribution is -2.28. The quantitative estimate of drug-likeness (QED) is 0.877. The summed E-state index contributed by atoms with van der Waals surface area (Å²) in [4.78, 5) is 0. The minimum Gasteiger partial charge on any atom is -0.384 e. The van der Waals surface area contributed by atoms with Crippen molar-refractivity contribution in [1.82, 2.24) is 0 Å². The summed E-state index contributed by atoms with van der Waals surface area (Å²) < 4.78 is 30.1. The van der Waals surface area contributed by atoms with Crippen LogP contribution in [0.2, 0.25) is 0 Å². The fourth-order valence-corrected chi connectivity index (χ4v) is 5.32. The minimum absolute atomic E-state index is 0.0828. The SMILES string of the molecule is COC[C@]1(CN)[C@H](c2ccc(Br)cc2)[C@H]1S(C)(=O)=O. The minimum atomic E-state index is -3.15. The van der Waals surface area contributed by atoms with Crippen LogP contribution in [-0.4, -0.2) is 40.2 Å². The summed E-state index contributed by atoms with van der Waals surface area (Å²) in [6.07, 6.45) is 1.27. The first-order chi connectivity index (χ1) is 8.86. The fourth-order valence-electron chi connectivity index (χ4n) is 3.05. The summed E-state index contributed by atoms with van der Waals surface area (Å²) in [6, 6.07) is 7.72. The second-order valence-electron chi connectivity index (χ2n) is 5.15. The van der Waals surface area contributed by atoms with Crippen LogP contribution in [0.4, 0.5) is 0 Å². The van der Waals surface area contributed by atoms with Crippen LogP contribution in [-0.2, 0) is 14.6 Å². The molecule has 1 aromatic rings. The third-order valence-corrected chi connectivity index (χ3v) is 6.06. The summed E-state index contributed by atoms with van der Waals surface area (Å²) in [5.41, 5.74) is 6.36. The Labute approximate surface area is 122 Å². The molecule has 1 aliphatic carbocycles. The molecular formula is C13H18BrNO3S. The molecular weight excluding hydrogens is 330 g/mol. The number of halogens is 1. The highest BCUT2D eigenvalue weighted by molar-refractivity contribution is 9.10. The topological polar surface area (TPSA) is 69.4 Å². The highest BCUT2D eigenvalue weighted by Gasteiger charge is 2.69. The maximum Gasteiger partial charge on any atom is 0.151 e. The van der Waals surface area contributed by atoms with E-state index in [1.165, 1.54) is 6.26 Å². The third kappa shape index (κ3) is 2.59. The maximum atomic E-state index is 12.0. The van der Waals surface area contributed by atoms with Crippen molar-refractivity contribution in [1.29, 1.82) is 0 Å². The fraction of sp³-hybridized carbons (Fsp3) is 0.538. The predicted octanol–water partition coefficient (Wildman–Crippen LogP) is 1.55. The zero-order chi connectivity index (χ0) is 14.3. The van der Waals surface area contributed by atoms with Gasteiger partial charge in [-0.25, -0.2) is 8.42 Å². The van der Waals surface area contributed by atoms with E-state index in [0.29, 0.717) is 13.2 Å². The van der Waals surface area contributed by atoms with Crippen LogP contribution in [0, 0.1) is 5.41 Å². The number of sulfone groups is 1. The highest BCUT2D eigenvalue weighted by atomic mass is 79.9. The van der Waals surface area contributed by atoms with E-state index in [1.807, 2.05) is 24.3 Å². The molecule has 2 N–H and O–H groups in total. The molecule has 0 saturated heterocycles. The first-order valence-electron chi connectivity index (χ1n) is 6.00. The summed E-state index contributed by atoms with van der Waals surface area (Å²) >= 11 is 3.38. The second-order valence-corrected chi connectivity index (χ2v) is 8.23. The summed E-state index contributed by atoms with van der Waals surface area (Å²) in [5, 5.41) is -0.453. The van der Waals surface area contributed by atoms with Gasteiger partial charge in [0.15, 0.2) is 9.84 Å². The molecule has 0 heterocycles. The van der Waals surface area contributed by atoms with Crippen molar-refractivity contribution in [2.45, 2.75) is 11.2 Å². The number of hydrogen-bond donors (Lipinski definition) is 1. The van der Waals surface area contributed by atoms with Gasteiger partial charge in [0.25, 0.3) is 0 Å². The first-order valence-corrected chi connectivity index (χ1v) is 8.75. The van der Waals surface area contributed by atoms with Crippen molar-refractivity contribution >= 4 is 25.8 Å². The molecule has 1 aromatic carbocycles. The van der Waals surface area contributed by atoms with Gasteiger partial charge in [-0.2, -0.15) is 0 Å². The Morgan fingerprint density at radius 3 is 2.37 bits per heavy atom. The van der Waals surface area contributed by atoms with Crippen molar-refractivity contribution in [2.24, 2.45) is 11.1 Å². The smallest absolute Gasteiger partial charge is 0.151 e. The molecule has 1 aliphatic rings. The highest BCUT2D eigenvalue weighted by Crippen LogP contribution is 2.62. The molecule has 0 aliphatic heterocycles. The van der Waals surface area contributed by atoms with E-state index in [2.05, 4.69) is 15.9 Å². The predicted molar refractivity (Wildman–Crippen MR) is 78.9 cm³/mol. The Bertz CT molecular complexity index is 558. The van der Waals surface area contributed by atoms with Gasteiger partial charge in [0.1, 0.15) is 0 Å². The van der Waals surface area contributed by atoms with Gasteiger partial charge < -0.3 is 10.5 Å². The van der Waals surface area contributed by atoms with E-state index in [1.54, 1.807) is 7.11 Å². The molecule has 106 valence electrons. The number of methoxy groups -OCH3 is 1. The van der Waals surface area contributed by atoms with E-state index >= 15 is 0 Å². The van der Waals surface area contributed by atoms with Crippen LogP contribution in [0.1, 0.15) is 11.5 Å². The molecule has 0 amide bonds. The maximum absolute atomic E-state index is 12.0. The molecule has 0 radical (unpaired) electrons. The normalized spacial score (nSPS) is 30.3. The van der Waals surface area contributed by atoms with Crippen molar-refractivity contribution in [3.05, 3.63) is 34.3 Å². The lowest BCUT2D eigenvalue weighted by Gasteiger charge is -2.14. The van der Waals surface area contributed by atoms with Crippen LogP contribution >= 0.6 is 15.9 Å². The lowest BCUT2D eigenvalue weighted by molar-refractivity contribution is 0.142. The average molecular weight is 348 g/mol. The number of hydrogen-bond acceptors (Lipinski definition) is 4. The van der Waals surface area contributed by atoms with Crippen molar-refractivity contribution in [3.8, 4) is 0 Å². The van der Waals surface area contributed by atoms with Gasteiger partial charge in [0, 0.05) is 35.7 Å². The van der Waals surface area contributed by atoms with E-state index < -0.39 is 20.5 Å². The molecule has 1 saturated carbocycles. The van der Waals surface area contributed by atoms with Gasteiger partial charge >= 0.3 is 0 Å².